The van der Waals surface area contributed by atoms with Crippen LogP contribution < -0.4 is 0 Å². The third-order valence-electron chi connectivity index (χ3n) is 3.65. The number of hydrogen-bond donors (Lipinski definition) is 0. The molecule has 0 amide bonds. The lowest BCUT2D eigenvalue weighted by Gasteiger charge is -2.25. The van der Waals surface area contributed by atoms with Gasteiger partial charge in [-0.15, -0.1) is 24.2 Å². The van der Waals surface area contributed by atoms with Crippen LogP contribution in [0.15, 0.2) is 29.2 Å². The Labute approximate surface area is 139 Å². The normalized spacial score (nSPS) is 15.8. The van der Waals surface area contributed by atoms with Crippen LogP contribution in [0.2, 0.25) is 0 Å². The SMILES string of the molecule is CC(C)Sc1ccc(C(=O)CCN2CCCCC2)cc1.Cl. The quantitative estimate of drug-likeness (QED) is 0.559. The van der Waals surface area contributed by atoms with Gasteiger partial charge >= 0.3 is 0 Å². The van der Waals surface area contributed by atoms with E-state index in [1.165, 1.54) is 24.2 Å². The molecule has 1 saturated heterocycles. The molecule has 0 bridgehead atoms. The van der Waals surface area contributed by atoms with Crippen molar-refractivity contribution in [1.29, 1.82) is 0 Å². The first-order chi connectivity index (χ1) is 9.65. The number of carbonyl (C=O) groups is 1. The molecule has 1 aliphatic rings. The second-order valence-corrected chi connectivity index (χ2v) is 7.42. The van der Waals surface area contributed by atoms with E-state index in [1.807, 2.05) is 23.9 Å². The maximum atomic E-state index is 12.2. The molecule has 118 valence electrons. The molecule has 0 radical (unpaired) electrons. The van der Waals surface area contributed by atoms with Gasteiger partial charge in [0.15, 0.2) is 5.78 Å². The van der Waals surface area contributed by atoms with E-state index in [0.717, 1.165) is 25.2 Å². The highest BCUT2D eigenvalue weighted by molar-refractivity contribution is 7.99. The van der Waals surface area contributed by atoms with Gasteiger partial charge in [-0.05, 0) is 38.1 Å². The van der Waals surface area contributed by atoms with Crippen LogP contribution in [0.25, 0.3) is 0 Å². The minimum absolute atomic E-state index is 0. The fourth-order valence-corrected chi connectivity index (χ4v) is 3.42. The van der Waals surface area contributed by atoms with Gasteiger partial charge < -0.3 is 4.90 Å². The Balaban J connectivity index is 0.00000220. The lowest BCUT2D eigenvalue weighted by Crippen LogP contribution is -2.31. The van der Waals surface area contributed by atoms with Crippen LogP contribution in [0, 0.1) is 0 Å². The number of halogens is 1. The van der Waals surface area contributed by atoms with Gasteiger partial charge in [-0.3, -0.25) is 4.79 Å². The van der Waals surface area contributed by atoms with Crippen molar-refractivity contribution in [2.24, 2.45) is 0 Å². The lowest BCUT2D eigenvalue weighted by molar-refractivity contribution is 0.0958. The summed E-state index contributed by atoms with van der Waals surface area (Å²) in [5, 5.41) is 0.579. The summed E-state index contributed by atoms with van der Waals surface area (Å²) in [6.45, 7) is 7.61. The molecule has 4 heteroatoms. The Bertz CT molecular complexity index is 427. The molecule has 2 nitrogen and oxygen atoms in total. The molecule has 1 aromatic carbocycles. The van der Waals surface area contributed by atoms with Gasteiger partial charge in [-0.2, -0.15) is 0 Å². The van der Waals surface area contributed by atoms with Gasteiger partial charge in [-0.1, -0.05) is 32.4 Å². The van der Waals surface area contributed by atoms with Crippen LogP contribution in [-0.2, 0) is 0 Å². The number of likely N-dealkylation sites (tertiary alicyclic amines) is 1. The molecular formula is C17H26ClNOS. The summed E-state index contributed by atoms with van der Waals surface area (Å²) in [5.74, 6) is 0.275. The van der Waals surface area contributed by atoms with Gasteiger partial charge in [0, 0.05) is 28.7 Å². The van der Waals surface area contributed by atoms with Gasteiger partial charge in [0.1, 0.15) is 0 Å². The van der Waals surface area contributed by atoms with Crippen molar-refractivity contribution in [3.63, 3.8) is 0 Å². The van der Waals surface area contributed by atoms with Crippen molar-refractivity contribution in [3.05, 3.63) is 29.8 Å². The van der Waals surface area contributed by atoms with E-state index >= 15 is 0 Å². The number of nitrogens with zero attached hydrogens (tertiary/aromatic N) is 1. The van der Waals surface area contributed by atoms with Crippen LogP contribution in [0.5, 0.6) is 0 Å². The van der Waals surface area contributed by atoms with Crippen molar-refractivity contribution in [3.8, 4) is 0 Å². The Morgan fingerprint density at radius 1 is 1.14 bits per heavy atom. The zero-order chi connectivity index (χ0) is 14.4. The summed E-state index contributed by atoms with van der Waals surface area (Å²) < 4.78 is 0. The third kappa shape index (κ3) is 6.41. The summed E-state index contributed by atoms with van der Waals surface area (Å²) in [5.41, 5.74) is 0.857. The molecule has 0 aliphatic carbocycles. The molecule has 2 rings (SSSR count). The molecule has 0 unspecified atom stereocenters. The van der Waals surface area contributed by atoms with Crippen molar-refractivity contribution in [2.75, 3.05) is 19.6 Å². The van der Waals surface area contributed by atoms with Gasteiger partial charge in [-0.25, -0.2) is 0 Å². The molecule has 0 aromatic heterocycles. The number of thioether (sulfide) groups is 1. The molecule has 1 aliphatic heterocycles. The van der Waals surface area contributed by atoms with Crippen molar-refractivity contribution in [2.45, 2.75) is 49.7 Å². The van der Waals surface area contributed by atoms with Gasteiger partial charge in [0.25, 0.3) is 0 Å². The lowest BCUT2D eigenvalue weighted by atomic mass is 10.1. The molecule has 21 heavy (non-hydrogen) atoms. The summed E-state index contributed by atoms with van der Waals surface area (Å²) in [6.07, 6.45) is 4.57. The van der Waals surface area contributed by atoms with E-state index in [0.29, 0.717) is 11.7 Å². The number of benzene rings is 1. The minimum atomic E-state index is 0. The largest absolute Gasteiger partial charge is 0.303 e. The minimum Gasteiger partial charge on any atom is -0.303 e. The van der Waals surface area contributed by atoms with E-state index in [-0.39, 0.29) is 18.2 Å². The molecule has 0 saturated carbocycles. The molecular weight excluding hydrogens is 302 g/mol. The fraction of sp³-hybridized carbons (Fsp3) is 0.588. The standard InChI is InChI=1S/C17H25NOS.ClH/c1-14(2)20-16-8-6-15(7-9-16)17(19)10-13-18-11-4-3-5-12-18;/h6-9,14H,3-5,10-13H2,1-2H3;1H. The Kier molecular flexibility index (Phi) is 8.38. The molecule has 1 fully saturated rings. The summed E-state index contributed by atoms with van der Waals surface area (Å²) in [4.78, 5) is 15.9. The fourth-order valence-electron chi connectivity index (χ4n) is 2.58. The van der Waals surface area contributed by atoms with E-state index in [4.69, 9.17) is 0 Å². The number of piperidine rings is 1. The van der Waals surface area contributed by atoms with Crippen LogP contribution >= 0.6 is 24.2 Å². The maximum Gasteiger partial charge on any atom is 0.164 e. The Hall–Kier alpha value is -0.510. The average Bonchev–Trinajstić information content (AvgIpc) is 2.46. The highest BCUT2D eigenvalue weighted by Gasteiger charge is 2.12. The van der Waals surface area contributed by atoms with E-state index < -0.39 is 0 Å². The van der Waals surface area contributed by atoms with E-state index in [2.05, 4.69) is 30.9 Å². The average molecular weight is 328 g/mol. The predicted molar refractivity (Wildman–Crippen MR) is 93.9 cm³/mol. The number of Topliss-reactive ketones (excluding diaryl/α,β-unsaturated/α-hetero) is 1. The summed E-state index contributed by atoms with van der Waals surface area (Å²) >= 11 is 1.84. The molecule has 0 N–H and O–H groups in total. The highest BCUT2D eigenvalue weighted by atomic mass is 35.5. The van der Waals surface area contributed by atoms with Crippen LogP contribution in [0.1, 0.15) is 49.9 Å². The predicted octanol–water partition coefficient (Wildman–Crippen LogP) is 4.67. The van der Waals surface area contributed by atoms with E-state index in [9.17, 15) is 4.79 Å². The van der Waals surface area contributed by atoms with Crippen molar-refractivity contribution < 1.29 is 4.79 Å². The second kappa shape index (κ2) is 9.50. The number of hydrogen-bond acceptors (Lipinski definition) is 3. The smallest absolute Gasteiger partial charge is 0.164 e. The topological polar surface area (TPSA) is 20.3 Å². The zero-order valence-electron chi connectivity index (χ0n) is 13.0. The highest BCUT2D eigenvalue weighted by Crippen LogP contribution is 2.23. The first-order valence-electron chi connectivity index (χ1n) is 7.67. The van der Waals surface area contributed by atoms with E-state index in [1.54, 1.807) is 0 Å². The molecule has 0 spiro atoms. The van der Waals surface area contributed by atoms with Gasteiger partial charge in [0.05, 0.1) is 0 Å². The molecule has 1 aromatic rings. The number of rotatable bonds is 6. The van der Waals surface area contributed by atoms with Crippen LogP contribution in [0.4, 0.5) is 0 Å². The summed E-state index contributed by atoms with van der Waals surface area (Å²) in [7, 11) is 0. The van der Waals surface area contributed by atoms with Gasteiger partial charge in [0.2, 0.25) is 0 Å². The monoisotopic (exact) mass is 327 g/mol. The van der Waals surface area contributed by atoms with Crippen LogP contribution in [0.3, 0.4) is 0 Å². The zero-order valence-corrected chi connectivity index (χ0v) is 14.6. The van der Waals surface area contributed by atoms with Crippen LogP contribution in [-0.4, -0.2) is 35.6 Å². The Morgan fingerprint density at radius 2 is 1.76 bits per heavy atom. The molecule has 0 atom stereocenters. The molecule has 1 heterocycles. The first-order valence-corrected chi connectivity index (χ1v) is 8.55. The van der Waals surface area contributed by atoms with Crippen molar-refractivity contribution in [1.82, 2.24) is 4.90 Å². The maximum absolute atomic E-state index is 12.2. The number of ketones is 1. The third-order valence-corrected chi connectivity index (χ3v) is 4.67. The number of carbonyl (C=O) groups excluding carboxylic acids is 1. The summed E-state index contributed by atoms with van der Waals surface area (Å²) in [6, 6.07) is 8.09. The Morgan fingerprint density at radius 3 is 2.33 bits per heavy atom. The second-order valence-electron chi connectivity index (χ2n) is 5.77. The first kappa shape index (κ1) is 18.5. The van der Waals surface area contributed by atoms with Crippen molar-refractivity contribution >= 4 is 30.0 Å².